The Morgan fingerprint density at radius 1 is 1.27 bits per heavy atom. The lowest BCUT2D eigenvalue weighted by Gasteiger charge is -2.23. The summed E-state index contributed by atoms with van der Waals surface area (Å²) >= 11 is 0. The predicted octanol–water partition coefficient (Wildman–Crippen LogP) is 0.260. The average Bonchev–Trinajstić information content (AvgIpc) is 2.61. The number of rotatable bonds is 3. The van der Waals surface area contributed by atoms with Crippen molar-refractivity contribution in [3.63, 3.8) is 0 Å². The summed E-state index contributed by atoms with van der Waals surface area (Å²) < 4.78 is 22.2. The standard InChI is InChI=1S/C10H18O5/c1-10(2)14-7-6(4-5-11)13-9(12-3)8(7)15-10/h6-9,11H,4-5H2,1-3H3/t6-,7-,8-,9?/m1/s1. The molecule has 0 aromatic rings. The second-order valence-electron chi connectivity index (χ2n) is 4.36. The monoisotopic (exact) mass is 218 g/mol. The molecule has 5 nitrogen and oxygen atoms in total. The minimum Gasteiger partial charge on any atom is -0.396 e. The first kappa shape index (κ1) is 11.3. The van der Waals surface area contributed by atoms with E-state index in [4.69, 9.17) is 24.1 Å². The van der Waals surface area contributed by atoms with Gasteiger partial charge in [0.15, 0.2) is 12.1 Å². The Labute approximate surface area is 89.3 Å². The molecule has 2 aliphatic heterocycles. The molecule has 0 spiro atoms. The maximum Gasteiger partial charge on any atom is 0.186 e. The van der Waals surface area contributed by atoms with Crippen molar-refractivity contribution in [3.05, 3.63) is 0 Å². The first-order chi connectivity index (χ1) is 7.07. The molecule has 1 unspecified atom stereocenters. The summed E-state index contributed by atoms with van der Waals surface area (Å²) in [6, 6.07) is 0. The smallest absolute Gasteiger partial charge is 0.186 e. The number of aliphatic hydroxyl groups excluding tert-OH is 1. The quantitative estimate of drug-likeness (QED) is 0.736. The van der Waals surface area contributed by atoms with Crippen LogP contribution in [0.5, 0.6) is 0 Å². The molecule has 0 radical (unpaired) electrons. The highest BCUT2D eigenvalue weighted by atomic mass is 16.8. The van der Waals surface area contributed by atoms with Gasteiger partial charge in [0.1, 0.15) is 12.2 Å². The fraction of sp³-hybridized carbons (Fsp3) is 1.00. The first-order valence-electron chi connectivity index (χ1n) is 5.22. The highest BCUT2D eigenvalue weighted by molar-refractivity contribution is 4.94. The second kappa shape index (κ2) is 3.99. The van der Waals surface area contributed by atoms with Gasteiger partial charge < -0.3 is 24.1 Å². The van der Waals surface area contributed by atoms with E-state index in [0.717, 1.165) is 0 Å². The maximum atomic E-state index is 8.92. The van der Waals surface area contributed by atoms with Crippen LogP contribution < -0.4 is 0 Å². The molecule has 15 heavy (non-hydrogen) atoms. The molecule has 0 aromatic carbocycles. The third kappa shape index (κ3) is 2.03. The van der Waals surface area contributed by atoms with Crippen LogP contribution in [0.1, 0.15) is 20.3 Å². The van der Waals surface area contributed by atoms with Crippen molar-refractivity contribution < 1.29 is 24.1 Å². The molecule has 2 heterocycles. The Hall–Kier alpha value is -0.200. The van der Waals surface area contributed by atoms with E-state index in [1.165, 1.54) is 0 Å². The van der Waals surface area contributed by atoms with Gasteiger partial charge in [-0.2, -0.15) is 0 Å². The Morgan fingerprint density at radius 3 is 2.53 bits per heavy atom. The number of fused-ring (bicyclic) bond motifs is 1. The Morgan fingerprint density at radius 2 is 1.93 bits per heavy atom. The topological polar surface area (TPSA) is 57.2 Å². The molecular formula is C10H18O5. The number of hydrogen-bond acceptors (Lipinski definition) is 5. The highest BCUT2D eigenvalue weighted by Gasteiger charge is 2.55. The fourth-order valence-electron chi connectivity index (χ4n) is 2.19. The highest BCUT2D eigenvalue weighted by Crippen LogP contribution is 2.39. The zero-order valence-corrected chi connectivity index (χ0v) is 9.30. The minimum absolute atomic E-state index is 0.0775. The van der Waals surface area contributed by atoms with Gasteiger partial charge in [-0.3, -0.25) is 0 Å². The molecule has 1 N–H and O–H groups in total. The lowest BCUT2D eigenvalue weighted by atomic mass is 10.1. The summed E-state index contributed by atoms with van der Waals surface area (Å²) in [6.07, 6.45) is -0.334. The third-order valence-electron chi connectivity index (χ3n) is 2.75. The van der Waals surface area contributed by atoms with Crippen LogP contribution in [-0.4, -0.2) is 49.2 Å². The number of hydrogen-bond donors (Lipinski definition) is 1. The van der Waals surface area contributed by atoms with Crippen LogP contribution >= 0.6 is 0 Å². The van der Waals surface area contributed by atoms with Gasteiger partial charge in [-0.15, -0.1) is 0 Å². The Kier molecular flexibility index (Phi) is 3.00. The van der Waals surface area contributed by atoms with Gasteiger partial charge in [0.2, 0.25) is 0 Å². The van der Waals surface area contributed by atoms with Crippen molar-refractivity contribution in [2.45, 2.75) is 50.7 Å². The summed E-state index contributed by atoms with van der Waals surface area (Å²) in [4.78, 5) is 0. The number of ether oxygens (including phenoxy) is 4. The van der Waals surface area contributed by atoms with Gasteiger partial charge in [0.05, 0.1) is 6.10 Å². The van der Waals surface area contributed by atoms with E-state index in [9.17, 15) is 0 Å². The molecule has 2 fully saturated rings. The van der Waals surface area contributed by atoms with E-state index >= 15 is 0 Å². The van der Waals surface area contributed by atoms with E-state index < -0.39 is 12.1 Å². The molecule has 2 saturated heterocycles. The SMILES string of the molecule is COC1O[C@H](CCO)[C@H]2OC(C)(C)O[C@@H]12. The van der Waals surface area contributed by atoms with Crippen LogP contribution in [0.25, 0.3) is 0 Å². The summed E-state index contributed by atoms with van der Waals surface area (Å²) in [7, 11) is 1.58. The largest absolute Gasteiger partial charge is 0.396 e. The van der Waals surface area contributed by atoms with Gasteiger partial charge in [0.25, 0.3) is 0 Å². The molecular weight excluding hydrogens is 200 g/mol. The molecule has 0 saturated carbocycles. The molecule has 0 amide bonds. The summed E-state index contributed by atoms with van der Waals surface area (Å²) in [5.74, 6) is -0.594. The van der Waals surface area contributed by atoms with Gasteiger partial charge in [-0.1, -0.05) is 0 Å². The molecule has 2 rings (SSSR count). The molecule has 88 valence electrons. The van der Waals surface area contributed by atoms with Crippen molar-refractivity contribution in [1.82, 2.24) is 0 Å². The third-order valence-corrected chi connectivity index (χ3v) is 2.75. The molecule has 2 aliphatic rings. The zero-order chi connectivity index (χ0) is 11.1. The van der Waals surface area contributed by atoms with Gasteiger partial charge in [-0.05, 0) is 20.3 Å². The lowest BCUT2D eigenvalue weighted by Crippen LogP contribution is -2.30. The molecule has 5 heteroatoms. The fourth-order valence-corrected chi connectivity index (χ4v) is 2.19. The van der Waals surface area contributed by atoms with E-state index in [2.05, 4.69) is 0 Å². The Bertz CT molecular complexity index is 230. The van der Waals surface area contributed by atoms with Crippen molar-refractivity contribution in [2.24, 2.45) is 0 Å². The zero-order valence-electron chi connectivity index (χ0n) is 9.30. The first-order valence-corrected chi connectivity index (χ1v) is 5.22. The van der Waals surface area contributed by atoms with E-state index in [1.807, 2.05) is 13.8 Å². The van der Waals surface area contributed by atoms with Crippen LogP contribution in [0.2, 0.25) is 0 Å². The number of aliphatic hydroxyl groups is 1. The molecule has 0 aliphatic carbocycles. The van der Waals surface area contributed by atoms with E-state index in [1.54, 1.807) is 7.11 Å². The van der Waals surface area contributed by atoms with Gasteiger partial charge in [0, 0.05) is 13.7 Å². The lowest BCUT2D eigenvalue weighted by molar-refractivity contribution is -0.228. The maximum absolute atomic E-state index is 8.92. The summed E-state index contributed by atoms with van der Waals surface area (Å²) in [5.41, 5.74) is 0. The van der Waals surface area contributed by atoms with Gasteiger partial charge >= 0.3 is 0 Å². The van der Waals surface area contributed by atoms with Crippen LogP contribution in [0.15, 0.2) is 0 Å². The van der Waals surface area contributed by atoms with Crippen molar-refractivity contribution in [1.29, 1.82) is 0 Å². The van der Waals surface area contributed by atoms with E-state index in [0.29, 0.717) is 6.42 Å². The van der Waals surface area contributed by atoms with Crippen molar-refractivity contribution in [3.8, 4) is 0 Å². The molecule has 0 bridgehead atoms. The minimum atomic E-state index is -0.594. The second-order valence-corrected chi connectivity index (χ2v) is 4.36. The van der Waals surface area contributed by atoms with Crippen LogP contribution in [-0.2, 0) is 18.9 Å². The average molecular weight is 218 g/mol. The van der Waals surface area contributed by atoms with Crippen molar-refractivity contribution >= 4 is 0 Å². The van der Waals surface area contributed by atoms with Crippen LogP contribution in [0.4, 0.5) is 0 Å². The molecule has 4 atom stereocenters. The number of methoxy groups -OCH3 is 1. The van der Waals surface area contributed by atoms with E-state index in [-0.39, 0.29) is 24.9 Å². The Balaban J connectivity index is 2.08. The van der Waals surface area contributed by atoms with Gasteiger partial charge in [-0.25, -0.2) is 0 Å². The van der Waals surface area contributed by atoms with Crippen LogP contribution in [0.3, 0.4) is 0 Å². The normalized spacial score (nSPS) is 43.2. The van der Waals surface area contributed by atoms with Crippen molar-refractivity contribution in [2.75, 3.05) is 13.7 Å². The molecule has 0 aromatic heterocycles. The summed E-state index contributed by atoms with van der Waals surface area (Å²) in [5, 5.41) is 8.92. The predicted molar refractivity (Wildman–Crippen MR) is 51.2 cm³/mol. The summed E-state index contributed by atoms with van der Waals surface area (Å²) in [6.45, 7) is 3.82. The van der Waals surface area contributed by atoms with Crippen LogP contribution in [0, 0.1) is 0 Å².